The molecule has 0 aliphatic heterocycles. The van der Waals surface area contributed by atoms with Gasteiger partial charge in [0.1, 0.15) is 17.6 Å². The Morgan fingerprint density at radius 2 is 1.85 bits per heavy atom. The summed E-state index contributed by atoms with van der Waals surface area (Å²) in [6.07, 6.45) is 1.90. The van der Waals surface area contributed by atoms with Gasteiger partial charge in [-0.1, -0.05) is 0 Å². The molecule has 2 aromatic heterocycles. The third-order valence-electron chi connectivity index (χ3n) is 6.07. The molecule has 6 heteroatoms. The fourth-order valence-corrected chi connectivity index (χ4v) is 4.28. The van der Waals surface area contributed by atoms with Gasteiger partial charge >= 0.3 is 0 Å². The number of benzene rings is 2. The van der Waals surface area contributed by atoms with Gasteiger partial charge in [0.15, 0.2) is 0 Å². The molecule has 0 atom stereocenters. The number of fused-ring (bicyclic) bond motifs is 1. The van der Waals surface area contributed by atoms with Gasteiger partial charge < -0.3 is 19.2 Å². The highest BCUT2D eigenvalue weighted by Crippen LogP contribution is 2.27. The number of allylic oxidation sites excluding steroid dienone is 1. The van der Waals surface area contributed by atoms with Gasteiger partial charge in [0.25, 0.3) is 0 Å². The van der Waals surface area contributed by atoms with Gasteiger partial charge in [-0.25, -0.2) is 4.98 Å². The van der Waals surface area contributed by atoms with Crippen LogP contribution in [0, 0.1) is 25.2 Å². The third kappa shape index (κ3) is 4.22. The van der Waals surface area contributed by atoms with Crippen LogP contribution in [0.3, 0.4) is 0 Å². The molecule has 168 valence electrons. The zero-order valence-corrected chi connectivity index (χ0v) is 19.8. The first kappa shape index (κ1) is 22.2. The number of ether oxygens (including phenoxy) is 1. The average molecular weight is 440 g/mol. The summed E-state index contributed by atoms with van der Waals surface area (Å²) in [5, 5.41) is 9.87. The highest BCUT2D eigenvalue weighted by Gasteiger charge is 2.14. The molecule has 4 aromatic rings. The van der Waals surface area contributed by atoms with E-state index in [0.717, 1.165) is 52.5 Å². The summed E-state index contributed by atoms with van der Waals surface area (Å²) in [6, 6.07) is 18.7. The lowest BCUT2D eigenvalue weighted by Gasteiger charge is -2.21. The number of nitriles is 1. The number of aromatic amines is 1. The molecule has 33 heavy (non-hydrogen) atoms. The van der Waals surface area contributed by atoms with Crippen molar-refractivity contribution in [3.63, 3.8) is 0 Å². The maximum absolute atomic E-state index is 9.87. The molecule has 0 amide bonds. The molecule has 1 N–H and O–H groups in total. The van der Waals surface area contributed by atoms with Crippen molar-refractivity contribution in [3.8, 4) is 17.5 Å². The topological polar surface area (TPSA) is 69.9 Å². The van der Waals surface area contributed by atoms with Crippen molar-refractivity contribution >= 4 is 28.4 Å². The Morgan fingerprint density at radius 1 is 1.12 bits per heavy atom. The first-order valence-electron chi connectivity index (χ1n) is 11.2. The highest BCUT2D eigenvalue weighted by molar-refractivity contribution is 5.91. The predicted molar refractivity (Wildman–Crippen MR) is 135 cm³/mol. The smallest absolute Gasteiger partial charge is 0.149 e. The summed E-state index contributed by atoms with van der Waals surface area (Å²) in [7, 11) is 1.63. The number of imidazole rings is 1. The Labute approximate surface area is 194 Å². The number of hydrogen-bond donors (Lipinski definition) is 1. The lowest BCUT2D eigenvalue weighted by atomic mass is 10.1. The first-order chi connectivity index (χ1) is 16.0. The Morgan fingerprint density at radius 3 is 2.48 bits per heavy atom. The Balaban J connectivity index is 1.70. The summed E-state index contributed by atoms with van der Waals surface area (Å²) in [6.45, 7) is 10.5. The predicted octanol–water partition coefficient (Wildman–Crippen LogP) is 5.89. The van der Waals surface area contributed by atoms with Crippen molar-refractivity contribution in [1.82, 2.24) is 14.5 Å². The van der Waals surface area contributed by atoms with E-state index in [1.807, 2.05) is 24.3 Å². The fourth-order valence-electron chi connectivity index (χ4n) is 4.28. The summed E-state index contributed by atoms with van der Waals surface area (Å²) >= 11 is 0. The maximum atomic E-state index is 9.87. The summed E-state index contributed by atoms with van der Waals surface area (Å²) in [5.74, 6) is 1.30. The molecule has 0 bridgehead atoms. The van der Waals surface area contributed by atoms with Crippen LogP contribution < -0.4 is 9.64 Å². The third-order valence-corrected chi connectivity index (χ3v) is 6.07. The molecular weight excluding hydrogens is 410 g/mol. The van der Waals surface area contributed by atoms with E-state index in [-0.39, 0.29) is 0 Å². The van der Waals surface area contributed by atoms with E-state index in [2.05, 4.69) is 83.5 Å². The molecule has 0 spiro atoms. The summed E-state index contributed by atoms with van der Waals surface area (Å²) in [5.41, 5.74) is 7.64. The van der Waals surface area contributed by atoms with Gasteiger partial charge in [-0.3, -0.25) is 0 Å². The summed E-state index contributed by atoms with van der Waals surface area (Å²) in [4.78, 5) is 10.2. The number of H-pyrrole nitrogens is 1. The quantitative estimate of drug-likeness (QED) is 0.365. The van der Waals surface area contributed by atoms with Crippen LogP contribution in [-0.4, -0.2) is 34.7 Å². The van der Waals surface area contributed by atoms with E-state index < -0.39 is 0 Å². The Bertz CT molecular complexity index is 1350. The van der Waals surface area contributed by atoms with E-state index in [0.29, 0.717) is 11.4 Å². The van der Waals surface area contributed by atoms with Crippen LogP contribution in [0.25, 0.3) is 28.4 Å². The van der Waals surface area contributed by atoms with Crippen LogP contribution in [0.1, 0.15) is 36.6 Å². The van der Waals surface area contributed by atoms with Gasteiger partial charge in [0.2, 0.25) is 0 Å². The molecule has 0 aliphatic carbocycles. The van der Waals surface area contributed by atoms with Crippen molar-refractivity contribution in [1.29, 1.82) is 5.26 Å². The minimum absolute atomic E-state index is 0.488. The van der Waals surface area contributed by atoms with Crippen LogP contribution in [0.2, 0.25) is 0 Å². The second kappa shape index (κ2) is 9.25. The van der Waals surface area contributed by atoms with Crippen molar-refractivity contribution < 1.29 is 4.74 Å². The number of hydrogen-bond acceptors (Lipinski definition) is 4. The molecule has 0 radical (unpaired) electrons. The van der Waals surface area contributed by atoms with Gasteiger partial charge in [0, 0.05) is 41.9 Å². The molecule has 4 rings (SSSR count). The molecule has 0 saturated carbocycles. The first-order valence-corrected chi connectivity index (χ1v) is 11.2. The lowest BCUT2D eigenvalue weighted by Crippen LogP contribution is -2.21. The van der Waals surface area contributed by atoms with E-state index in [9.17, 15) is 5.26 Å². The van der Waals surface area contributed by atoms with Crippen molar-refractivity contribution in [2.24, 2.45) is 0 Å². The highest BCUT2D eigenvalue weighted by atomic mass is 16.5. The maximum Gasteiger partial charge on any atom is 0.149 e. The standard InChI is InChI=1S/C27H29N5O/c1-6-31(7-2)22-8-10-23(11-9-22)32-18(3)14-20(19(32)4)15-21(17-28)27-29-25-13-12-24(33-5)16-26(25)30-27/h8-16H,6-7H2,1-5H3,(H,29,30)/b21-15-. The van der Waals surface area contributed by atoms with Crippen LogP contribution >= 0.6 is 0 Å². The summed E-state index contributed by atoms with van der Waals surface area (Å²) < 4.78 is 7.51. The molecule has 0 aliphatic rings. The molecule has 0 saturated heterocycles. The number of methoxy groups -OCH3 is 1. The van der Waals surface area contributed by atoms with E-state index in [4.69, 9.17) is 4.74 Å². The number of aromatic nitrogens is 3. The average Bonchev–Trinajstić information content (AvgIpc) is 3.38. The van der Waals surface area contributed by atoms with Crippen molar-refractivity contribution in [2.75, 3.05) is 25.1 Å². The number of anilines is 1. The minimum Gasteiger partial charge on any atom is -0.497 e. The molecule has 0 fully saturated rings. The number of nitrogens with zero attached hydrogens (tertiary/aromatic N) is 4. The fraction of sp³-hybridized carbons (Fsp3) is 0.259. The largest absolute Gasteiger partial charge is 0.497 e. The molecule has 6 nitrogen and oxygen atoms in total. The second-order valence-corrected chi connectivity index (χ2v) is 7.99. The van der Waals surface area contributed by atoms with E-state index in [1.54, 1.807) is 7.11 Å². The number of rotatable bonds is 7. The number of nitrogens with one attached hydrogen (secondary N) is 1. The molecular formula is C27H29N5O. The lowest BCUT2D eigenvalue weighted by molar-refractivity contribution is 0.415. The molecule has 0 unspecified atom stereocenters. The van der Waals surface area contributed by atoms with Crippen molar-refractivity contribution in [2.45, 2.75) is 27.7 Å². The van der Waals surface area contributed by atoms with E-state index >= 15 is 0 Å². The van der Waals surface area contributed by atoms with E-state index in [1.165, 1.54) is 5.69 Å². The van der Waals surface area contributed by atoms with Gasteiger partial charge in [-0.15, -0.1) is 0 Å². The molecule has 2 heterocycles. The van der Waals surface area contributed by atoms with Crippen molar-refractivity contribution in [3.05, 3.63) is 71.3 Å². The minimum atomic E-state index is 0.488. The van der Waals surface area contributed by atoms with Gasteiger partial charge in [0.05, 0.1) is 23.7 Å². The Hall–Kier alpha value is -3.98. The SMILES string of the molecule is CCN(CC)c1ccc(-n2c(C)cc(/C=C(/C#N)c3nc4ccc(OC)cc4[nH]3)c2C)cc1. The zero-order valence-electron chi connectivity index (χ0n) is 19.8. The molecule has 2 aromatic carbocycles. The monoisotopic (exact) mass is 439 g/mol. The normalized spacial score (nSPS) is 11.6. The van der Waals surface area contributed by atoms with Gasteiger partial charge in [-0.2, -0.15) is 5.26 Å². The van der Waals surface area contributed by atoms with Crippen LogP contribution in [0.15, 0.2) is 48.5 Å². The van der Waals surface area contributed by atoms with Gasteiger partial charge in [-0.05, 0) is 81.8 Å². The second-order valence-electron chi connectivity index (χ2n) is 7.99. The Kier molecular flexibility index (Phi) is 6.23. The van der Waals surface area contributed by atoms with Crippen LogP contribution in [0.5, 0.6) is 5.75 Å². The van der Waals surface area contributed by atoms with Crippen LogP contribution in [0.4, 0.5) is 5.69 Å². The van der Waals surface area contributed by atoms with Crippen LogP contribution in [-0.2, 0) is 0 Å². The zero-order chi connectivity index (χ0) is 23.5. The number of aryl methyl sites for hydroxylation is 1.